The molecule has 0 bridgehead atoms. The molecule has 0 unspecified atom stereocenters. The third kappa shape index (κ3) is 3.08. The summed E-state index contributed by atoms with van der Waals surface area (Å²) in [6.07, 6.45) is 1.89. The van der Waals surface area contributed by atoms with Crippen LogP contribution in [0, 0.1) is 20.6 Å². The van der Waals surface area contributed by atoms with E-state index in [2.05, 4.69) is 6.07 Å². The molecule has 0 N–H and O–H groups in total. The standard InChI is InChI=1S/C17H15IN2O3/c1-11-4-7-16-12(9-11)3-2-8-19(16)17(21)14-6-5-13(20(22)23)10-15(14)18/h4-7,9-10H,2-3,8H2,1H3. The zero-order valence-electron chi connectivity index (χ0n) is 12.6. The molecule has 2 aromatic carbocycles. The van der Waals surface area contributed by atoms with Gasteiger partial charge in [-0.1, -0.05) is 17.7 Å². The van der Waals surface area contributed by atoms with Gasteiger partial charge >= 0.3 is 0 Å². The number of amides is 1. The Morgan fingerprint density at radius 3 is 2.74 bits per heavy atom. The fourth-order valence-corrected chi connectivity index (χ4v) is 3.60. The number of rotatable bonds is 2. The molecule has 0 saturated carbocycles. The molecule has 0 spiro atoms. The van der Waals surface area contributed by atoms with Crippen molar-refractivity contribution in [3.05, 3.63) is 66.8 Å². The number of hydrogen-bond donors (Lipinski definition) is 0. The molecule has 6 heteroatoms. The zero-order chi connectivity index (χ0) is 16.6. The monoisotopic (exact) mass is 422 g/mol. The number of hydrogen-bond acceptors (Lipinski definition) is 3. The summed E-state index contributed by atoms with van der Waals surface area (Å²) in [5.41, 5.74) is 3.82. The van der Waals surface area contributed by atoms with Crippen molar-refractivity contribution in [2.24, 2.45) is 0 Å². The number of nitro benzene ring substituents is 1. The van der Waals surface area contributed by atoms with Crippen LogP contribution in [0.1, 0.15) is 27.9 Å². The molecule has 0 aromatic heterocycles. The average Bonchev–Trinajstić information content (AvgIpc) is 2.53. The van der Waals surface area contributed by atoms with Crippen molar-refractivity contribution in [1.29, 1.82) is 0 Å². The highest BCUT2D eigenvalue weighted by molar-refractivity contribution is 14.1. The average molecular weight is 422 g/mol. The van der Waals surface area contributed by atoms with Crippen molar-refractivity contribution in [3.63, 3.8) is 0 Å². The maximum atomic E-state index is 12.9. The lowest BCUT2D eigenvalue weighted by Crippen LogP contribution is -2.35. The van der Waals surface area contributed by atoms with Crippen LogP contribution in [-0.2, 0) is 6.42 Å². The van der Waals surface area contributed by atoms with Gasteiger partial charge in [-0.25, -0.2) is 0 Å². The second-order valence-corrected chi connectivity index (χ2v) is 6.78. The van der Waals surface area contributed by atoms with Crippen LogP contribution in [-0.4, -0.2) is 17.4 Å². The molecule has 0 saturated heterocycles. The maximum Gasteiger partial charge on any atom is 0.270 e. The predicted octanol–water partition coefficient (Wildman–Crippen LogP) is 4.10. The van der Waals surface area contributed by atoms with Crippen LogP contribution >= 0.6 is 22.6 Å². The summed E-state index contributed by atoms with van der Waals surface area (Å²) in [6.45, 7) is 2.71. The van der Waals surface area contributed by atoms with Gasteiger partial charge in [-0.15, -0.1) is 0 Å². The first-order valence-corrected chi connectivity index (χ1v) is 8.40. The third-order valence-corrected chi connectivity index (χ3v) is 4.89. The van der Waals surface area contributed by atoms with Crippen LogP contribution in [0.4, 0.5) is 11.4 Å². The number of carbonyl (C=O) groups excluding carboxylic acids is 1. The van der Waals surface area contributed by atoms with Gasteiger partial charge in [-0.2, -0.15) is 0 Å². The lowest BCUT2D eigenvalue weighted by atomic mass is 9.99. The van der Waals surface area contributed by atoms with Crippen molar-refractivity contribution >= 4 is 39.9 Å². The molecule has 0 radical (unpaired) electrons. The molecule has 0 atom stereocenters. The van der Waals surface area contributed by atoms with E-state index in [9.17, 15) is 14.9 Å². The molecule has 3 rings (SSSR count). The molecule has 1 aliphatic rings. The molecule has 2 aromatic rings. The lowest BCUT2D eigenvalue weighted by molar-refractivity contribution is -0.384. The van der Waals surface area contributed by atoms with Crippen LogP contribution < -0.4 is 4.90 Å². The molecule has 23 heavy (non-hydrogen) atoms. The summed E-state index contributed by atoms with van der Waals surface area (Å²) in [5.74, 6) is -0.103. The van der Waals surface area contributed by atoms with Gasteiger partial charge in [0.2, 0.25) is 0 Å². The number of nitro groups is 1. The van der Waals surface area contributed by atoms with Gasteiger partial charge in [-0.05, 0) is 60.1 Å². The molecule has 1 aliphatic heterocycles. The second-order valence-electron chi connectivity index (χ2n) is 5.61. The zero-order valence-corrected chi connectivity index (χ0v) is 14.7. The van der Waals surface area contributed by atoms with Gasteiger partial charge in [0.25, 0.3) is 11.6 Å². The molecular weight excluding hydrogens is 407 g/mol. The quantitative estimate of drug-likeness (QED) is 0.416. The van der Waals surface area contributed by atoms with Crippen molar-refractivity contribution in [2.45, 2.75) is 19.8 Å². The van der Waals surface area contributed by atoms with Crippen LogP contribution in [0.25, 0.3) is 0 Å². The highest BCUT2D eigenvalue weighted by atomic mass is 127. The van der Waals surface area contributed by atoms with E-state index in [1.807, 2.05) is 41.6 Å². The topological polar surface area (TPSA) is 63.5 Å². The minimum Gasteiger partial charge on any atom is -0.308 e. The minimum absolute atomic E-state index is 0.000573. The number of non-ortho nitro benzene ring substituents is 1. The normalized spacial score (nSPS) is 13.6. The highest BCUT2D eigenvalue weighted by Gasteiger charge is 2.25. The summed E-state index contributed by atoms with van der Waals surface area (Å²) in [6, 6.07) is 10.5. The first kappa shape index (κ1) is 15.9. The Bertz CT molecular complexity index is 804. The Morgan fingerprint density at radius 1 is 1.26 bits per heavy atom. The van der Waals surface area contributed by atoms with E-state index in [4.69, 9.17) is 0 Å². The number of anilines is 1. The van der Waals surface area contributed by atoms with Crippen LogP contribution in [0.3, 0.4) is 0 Å². The Balaban J connectivity index is 1.98. The van der Waals surface area contributed by atoms with Crippen LogP contribution in [0.5, 0.6) is 0 Å². The fourth-order valence-electron chi connectivity index (χ4n) is 2.87. The van der Waals surface area contributed by atoms with Crippen LogP contribution in [0.15, 0.2) is 36.4 Å². The van der Waals surface area contributed by atoms with E-state index in [-0.39, 0.29) is 11.6 Å². The van der Waals surface area contributed by atoms with Gasteiger partial charge in [0.15, 0.2) is 0 Å². The second kappa shape index (κ2) is 6.27. The number of benzene rings is 2. The molecule has 0 aliphatic carbocycles. The summed E-state index contributed by atoms with van der Waals surface area (Å²) >= 11 is 1.98. The highest BCUT2D eigenvalue weighted by Crippen LogP contribution is 2.30. The van der Waals surface area contributed by atoms with E-state index >= 15 is 0 Å². The maximum absolute atomic E-state index is 12.9. The Morgan fingerprint density at radius 2 is 2.04 bits per heavy atom. The largest absolute Gasteiger partial charge is 0.308 e. The summed E-state index contributed by atoms with van der Waals surface area (Å²) in [5, 5.41) is 10.8. The van der Waals surface area contributed by atoms with Crippen molar-refractivity contribution in [1.82, 2.24) is 0 Å². The van der Waals surface area contributed by atoms with E-state index in [0.29, 0.717) is 15.7 Å². The molecule has 0 fully saturated rings. The molecular formula is C17H15IN2O3. The SMILES string of the molecule is Cc1ccc2c(c1)CCCN2C(=O)c1ccc([N+](=O)[O-])cc1I. The van der Waals surface area contributed by atoms with Crippen molar-refractivity contribution < 1.29 is 9.72 Å². The van der Waals surface area contributed by atoms with E-state index in [1.165, 1.54) is 23.3 Å². The summed E-state index contributed by atoms with van der Waals surface area (Å²) < 4.78 is 0.598. The minimum atomic E-state index is -0.449. The number of nitrogens with zero attached hydrogens (tertiary/aromatic N) is 2. The smallest absolute Gasteiger partial charge is 0.270 e. The Labute approximate surface area is 147 Å². The number of halogens is 1. The molecule has 5 nitrogen and oxygen atoms in total. The van der Waals surface area contributed by atoms with Gasteiger partial charge in [-0.3, -0.25) is 14.9 Å². The summed E-state index contributed by atoms with van der Waals surface area (Å²) in [4.78, 5) is 25.1. The lowest BCUT2D eigenvalue weighted by Gasteiger charge is -2.30. The Kier molecular flexibility index (Phi) is 4.34. The third-order valence-electron chi connectivity index (χ3n) is 3.99. The predicted molar refractivity (Wildman–Crippen MR) is 97.0 cm³/mol. The fraction of sp³-hybridized carbons (Fsp3) is 0.235. The van der Waals surface area contributed by atoms with Gasteiger partial charge in [0.05, 0.1) is 10.5 Å². The van der Waals surface area contributed by atoms with E-state index in [0.717, 1.165) is 18.5 Å². The molecule has 118 valence electrons. The number of carbonyl (C=O) groups is 1. The number of fused-ring (bicyclic) bond motifs is 1. The first-order valence-electron chi connectivity index (χ1n) is 7.32. The van der Waals surface area contributed by atoms with Crippen LogP contribution in [0.2, 0.25) is 0 Å². The first-order chi connectivity index (χ1) is 11.0. The Hall–Kier alpha value is -1.96. The number of aryl methyl sites for hydroxylation is 2. The molecule has 1 heterocycles. The van der Waals surface area contributed by atoms with Crippen molar-refractivity contribution in [3.8, 4) is 0 Å². The van der Waals surface area contributed by atoms with Gasteiger partial charge < -0.3 is 4.90 Å². The van der Waals surface area contributed by atoms with E-state index in [1.54, 1.807) is 11.0 Å². The van der Waals surface area contributed by atoms with E-state index < -0.39 is 4.92 Å². The summed E-state index contributed by atoms with van der Waals surface area (Å²) in [7, 11) is 0. The van der Waals surface area contributed by atoms with Gasteiger partial charge in [0.1, 0.15) is 0 Å². The van der Waals surface area contributed by atoms with Gasteiger partial charge in [0, 0.05) is 27.9 Å². The molecule has 1 amide bonds. The van der Waals surface area contributed by atoms with Crippen molar-refractivity contribution in [2.75, 3.05) is 11.4 Å².